The van der Waals surface area contributed by atoms with E-state index in [0.717, 1.165) is 0 Å². The summed E-state index contributed by atoms with van der Waals surface area (Å²) in [5.74, 6) is 0.732. The van der Waals surface area contributed by atoms with E-state index in [2.05, 4.69) is 20.7 Å². The van der Waals surface area contributed by atoms with Crippen LogP contribution in [-0.4, -0.2) is 40.9 Å². The Kier molecular flexibility index (Phi) is 5.39. The zero-order valence-electron chi connectivity index (χ0n) is 9.94. The molecule has 0 bridgehead atoms. The Bertz CT molecular complexity index is 517. The van der Waals surface area contributed by atoms with Gasteiger partial charge in [0.15, 0.2) is 11.5 Å². The molecule has 0 saturated carbocycles. The number of rotatable bonds is 6. The third-order valence-electron chi connectivity index (χ3n) is 2.13. The van der Waals surface area contributed by atoms with Gasteiger partial charge in [-0.15, -0.1) is 0 Å². The van der Waals surface area contributed by atoms with Crippen molar-refractivity contribution in [1.29, 1.82) is 0 Å². The maximum Gasteiger partial charge on any atom is 0.241 e. The Morgan fingerprint density at radius 1 is 1.28 bits per heavy atom. The van der Waals surface area contributed by atoms with Crippen molar-refractivity contribution in [2.45, 2.75) is 4.90 Å². The van der Waals surface area contributed by atoms with Crippen LogP contribution in [0.15, 0.2) is 21.5 Å². The van der Waals surface area contributed by atoms with Gasteiger partial charge in [-0.1, -0.05) is 0 Å². The molecule has 0 saturated heterocycles. The van der Waals surface area contributed by atoms with Crippen molar-refractivity contribution in [3.63, 3.8) is 0 Å². The summed E-state index contributed by atoms with van der Waals surface area (Å²) in [6.07, 6.45) is 0. The molecule has 0 aromatic heterocycles. The third-order valence-corrected chi connectivity index (χ3v) is 4.55. The highest BCUT2D eigenvalue weighted by molar-refractivity contribution is 9.10. The van der Waals surface area contributed by atoms with Crippen molar-refractivity contribution in [2.24, 2.45) is 0 Å². The van der Waals surface area contributed by atoms with Crippen molar-refractivity contribution < 1.29 is 23.0 Å². The number of aliphatic hydroxyl groups is 1. The minimum absolute atomic E-state index is 0.0219. The first-order chi connectivity index (χ1) is 8.46. The monoisotopic (exact) mass is 339 g/mol. The van der Waals surface area contributed by atoms with E-state index >= 15 is 0 Å². The van der Waals surface area contributed by atoms with Crippen LogP contribution in [-0.2, 0) is 10.0 Å². The number of hydrogen-bond acceptors (Lipinski definition) is 5. The molecular formula is C10H14BrNO5S. The second-order valence-corrected chi connectivity index (χ2v) is 5.85. The minimum Gasteiger partial charge on any atom is -0.493 e. The summed E-state index contributed by atoms with van der Waals surface area (Å²) >= 11 is 3.16. The summed E-state index contributed by atoms with van der Waals surface area (Å²) in [4.78, 5) is 0.0219. The molecule has 1 rings (SSSR count). The molecule has 18 heavy (non-hydrogen) atoms. The predicted molar refractivity (Wildman–Crippen MR) is 69.5 cm³/mol. The number of methoxy groups -OCH3 is 2. The number of ether oxygens (including phenoxy) is 2. The fraction of sp³-hybridized carbons (Fsp3) is 0.400. The van der Waals surface area contributed by atoms with Crippen LogP contribution in [0.3, 0.4) is 0 Å². The summed E-state index contributed by atoms with van der Waals surface area (Å²) in [5, 5.41) is 8.65. The second kappa shape index (κ2) is 6.37. The molecule has 0 amide bonds. The first kappa shape index (κ1) is 15.2. The van der Waals surface area contributed by atoms with Gasteiger partial charge in [-0.2, -0.15) is 0 Å². The zero-order valence-corrected chi connectivity index (χ0v) is 12.3. The first-order valence-electron chi connectivity index (χ1n) is 4.98. The molecule has 102 valence electrons. The summed E-state index contributed by atoms with van der Waals surface area (Å²) in [5.41, 5.74) is 0. The number of hydrogen-bond donors (Lipinski definition) is 2. The van der Waals surface area contributed by atoms with Crippen molar-refractivity contribution in [1.82, 2.24) is 4.72 Å². The minimum atomic E-state index is -3.70. The van der Waals surface area contributed by atoms with Crippen LogP contribution in [0.4, 0.5) is 0 Å². The molecule has 6 nitrogen and oxygen atoms in total. The second-order valence-electron chi connectivity index (χ2n) is 3.26. The molecule has 8 heteroatoms. The van der Waals surface area contributed by atoms with Crippen LogP contribution in [0.2, 0.25) is 0 Å². The van der Waals surface area contributed by atoms with Crippen LogP contribution < -0.4 is 14.2 Å². The van der Waals surface area contributed by atoms with Gasteiger partial charge in [0.2, 0.25) is 10.0 Å². The third kappa shape index (κ3) is 3.35. The normalized spacial score (nSPS) is 11.3. The number of halogens is 1. The van der Waals surface area contributed by atoms with E-state index in [1.54, 1.807) is 0 Å². The smallest absolute Gasteiger partial charge is 0.241 e. The predicted octanol–water partition coefficient (Wildman–Crippen LogP) is 0.737. The maximum atomic E-state index is 11.9. The summed E-state index contributed by atoms with van der Waals surface area (Å²) in [6.45, 7) is -0.326. The fourth-order valence-electron chi connectivity index (χ4n) is 1.30. The Labute approximate surface area is 114 Å². The van der Waals surface area contributed by atoms with Crippen LogP contribution in [0.1, 0.15) is 0 Å². The summed E-state index contributed by atoms with van der Waals surface area (Å²) in [6, 6.07) is 2.86. The molecule has 0 spiro atoms. The van der Waals surface area contributed by atoms with Gasteiger partial charge < -0.3 is 14.6 Å². The lowest BCUT2D eigenvalue weighted by atomic mass is 10.3. The Morgan fingerprint density at radius 2 is 1.83 bits per heavy atom. The quantitative estimate of drug-likeness (QED) is 0.798. The van der Waals surface area contributed by atoms with E-state index in [0.29, 0.717) is 16.0 Å². The first-order valence-corrected chi connectivity index (χ1v) is 7.26. The van der Waals surface area contributed by atoms with Gasteiger partial charge in [0, 0.05) is 17.1 Å². The molecule has 0 aliphatic heterocycles. The zero-order chi connectivity index (χ0) is 13.8. The average Bonchev–Trinajstić information content (AvgIpc) is 2.35. The van der Waals surface area contributed by atoms with Crippen molar-refractivity contribution in [2.75, 3.05) is 27.4 Å². The Hall–Kier alpha value is -0.830. The van der Waals surface area contributed by atoms with Gasteiger partial charge >= 0.3 is 0 Å². The highest BCUT2D eigenvalue weighted by Crippen LogP contribution is 2.35. The molecule has 0 aliphatic rings. The molecule has 0 heterocycles. The molecular weight excluding hydrogens is 326 g/mol. The maximum absolute atomic E-state index is 11.9. The van der Waals surface area contributed by atoms with E-state index in [9.17, 15) is 8.42 Å². The van der Waals surface area contributed by atoms with Gasteiger partial charge in [-0.05, 0) is 22.0 Å². The van der Waals surface area contributed by atoms with Crippen molar-refractivity contribution >= 4 is 26.0 Å². The lowest BCUT2D eigenvalue weighted by Gasteiger charge is -2.12. The SMILES string of the molecule is COc1cc(Br)c(S(=O)(=O)NCCO)cc1OC. The molecule has 0 unspecified atom stereocenters. The van der Waals surface area contributed by atoms with E-state index < -0.39 is 10.0 Å². The summed E-state index contributed by atoms with van der Waals surface area (Å²) in [7, 11) is -0.822. The highest BCUT2D eigenvalue weighted by atomic mass is 79.9. The van der Waals surface area contributed by atoms with Gasteiger partial charge in [0.25, 0.3) is 0 Å². The highest BCUT2D eigenvalue weighted by Gasteiger charge is 2.20. The van der Waals surface area contributed by atoms with Gasteiger partial charge in [-0.25, -0.2) is 13.1 Å². The van der Waals surface area contributed by atoms with Crippen molar-refractivity contribution in [3.05, 3.63) is 16.6 Å². The van der Waals surface area contributed by atoms with Crippen molar-refractivity contribution in [3.8, 4) is 11.5 Å². The number of sulfonamides is 1. The van der Waals surface area contributed by atoms with Gasteiger partial charge in [0.1, 0.15) is 4.90 Å². The van der Waals surface area contributed by atoms with Crippen LogP contribution in [0, 0.1) is 0 Å². The van der Waals surface area contributed by atoms with Gasteiger partial charge in [0.05, 0.1) is 20.8 Å². The van der Waals surface area contributed by atoms with E-state index in [1.165, 1.54) is 26.4 Å². The summed E-state index contributed by atoms with van der Waals surface area (Å²) < 4.78 is 36.6. The Balaban J connectivity index is 3.25. The van der Waals surface area contributed by atoms with Gasteiger partial charge in [-0.3, -0.25) is 0 Å². The molecule has 0 radical (unpaired) electrons. The fourth-order valence-corrected chi connectivity index (χ4v) is 3.35. The molecule has 2 N–H and O–H groups in total. The standard InChI is InChI=1S/C10H14BrNO5S/c1-16-8-5-7(11)10(6-9(8)17-2)18(14,15)12-3-4-13/h5-6,12-13H,3-4H2,1-2H3. The molecule has 0 fully saturated rings. The average molecular weight is 340 g/mol. The molecule has 0 atom stereocenters. The van der Waals surface area contributed by atoms with Crippen LogP contribution in [0.5, 0.6) is 11.5 Å². The van der Waals surface area contributed by atoms with E-state index in [-0.39, 0.29) is 18.0 Å². The molecule has 1 aromatic carbocycles. The molecule has 1 aromatic rings. The largest absolute Gasteiger partial charge is 0.493 e. The number of aliphatic hydroxyl groups excluding tert-OH is 1. The number of nitrogens with one attached hydrogen (secondary N) is 1. The topological polar surface area (TPSA) is 84.9 Å². The lowest BCUT2D eigenvalue weighted by molar-refractivity contribution is 0.301. The molecule has 0 aliphatic carbocycles. The van der Waals surface area contributed by atoms with Crippen LogP contribution >= 0.6 is 15.9 Å². The Morgan fingerprint density at radius 3 is 2.33 bits per heavy atom. The van der Waals surface area contributed by atoms with E-state index in [1.807, 2.05) is 0 Å². The van der Waals surface area contributed by atoms with Crippen LogP contribution in [0.25, 0.3) is 0 Å². The van der Waals surface area contributed by atoms with E-state index in [4.69, 9.17) is 14.6 Å². The lowest BCUT2D eigenvalue weighted by Crippen LogP contribution is -2.27. The number of benzene rings is 1.